The molecular formula is C13H9ClN4O. The summed E-state index contributed by atoms with van der Waals surface area (Å²) in [5.74, 6) is 1.31. The molecule has 0 N–H and O–H groups in total. The van der Waals surface area contributed by atoms with Crippen LogP contribution in [0.3, 0.4) is 0 Å². The summed E-state index contributed by atoms with van der Waals surface area (Å²) in [5.41, 5.74) is 0.757. The number of ether oxygens (including phenoxy) is 1. The van der Waals surface area contributed by atoms with Crippen LogP contribution in [0, 0.1) is 0 Å². The molecule has 0 atom stereocenters. The highest BCUT2D eigenvalue weighted by Crippen LogP contribution is 2.28. The fraction of sp³-hybridized carbons (Fsp3) is 0. The summed E-state index contributed by atoms with van der Waals surface area (Å²) in [6, 6.07) is 14.7. The van der Waals surface area contributed by atoms with Crippen LogP contribution in [0.5, 0.6) is 11.5 Å². The van der Waals surface area contributed by atoms with E-state index in [0.29, 0.717) is 16.5 Å². The third-order valence-corrected chi connectivity index (χ3v) is 2.72. The van der Waals surface area contributed by atoms with Gasteiger partial charge in [-0.05, 0) is 40.8 Å². The normalized spacial score (nSPS) is 10.4. The van der Waals surface area contributed by atoms with Gasteiger partial charge in [0.15, 0.2) is 5.75 Å². The Morgan fingerprint density at radius 1 is 1.05 bits per heavy atom. The molecule has 0 saturated carbocycles. The Morgan fingerprint density at radius 2 is 1.95 bits per heavy atom. The average Bonchev–Trinajstić information content (AvgIpc) is 2.93. The maximum atomic E-state index is 5.93. The number of benzene rings is 2. The van der Waals surface area contributed by atoms with E-state index in [4.69, 9.17) is 16.3 Å². The molecule has 0 radical (unpaired) electrons. The maximum absolute atomic E-state index is 5.93. The van der Waals surface area contributed by atoms with Crippen LogP contribution in [0.4, 0.5) is 0 Å². The molecule has 0 spiro atoms. The van der Waals surface area contributed by atoms with Crippen molar-refractivity contribution in [2.75, 3.05) is 0 Å². The van der Waals surface area contributed by atoms with Crippen LogP contribution in [0.1, 0.15) is 0 Å². The SMILES string of the molecule is Clc1cccc(Oc2ccccc2-n2cnnn2)c1. The molecule has 0 saturated heterocycles. The Bertz CT molecular complexity index is 685. The molecule has 1 aromatic heterocycles. The molecule has 2 aromatic carbocycles. The molecule has 5 nitrogen and oxygen atoms in total. The second-order valence-corrected chi connectivity index (χ2v) is 4.22. The smallest absolute Gasteiger partial charge is 0.153 e. The minimum atomic E-state index is 0.623. The summed E-state index contributed by atoms with van der Waals surface area (Å²) in [6.45, 7) is 0. The lowest BCUT2D eigenvalue weighted by molar-refractivity contribution is 0.477. The van der Waals surface area contributed by atoms with Crippen molar-refractivity contribution < 1.29 is 4.74 Å². The van der Waals surface area contributed by atoms with Gasteiger partial charge in [0.05, 0.1) is 0 Å². The van der Waals surface area contributed by atoms with E-state index in [-0.39, 0.29) is 0 Å². The van der Waals surface area contributed by atoms with Crippen molar-refractivity contribution in [3.63, 3.8) is 0 Å². The molecule has 0 unspecified atom stereocenters. The first kappa shape index (κ1) is 11.7. The summed E-state index contributed by atoms with van der Waals surface area (Å²) in [7, 11) is 0. The fourth-order valence-corrected chi connectivity index (χ4v) is 1.84. The zero-order valence-corrected chi connectivity index (χ0v) is 10.5. The predicted octanol–water partition coefficient (Wildman–Crippen LogP) is 3.11. The lowest BCUT2D eigenvalue weighted by Gasteiger charge is -2.10. The third-order valence-electron chi connectivity index (χ3n) is 2.48. The molecule has 6 heteroatoms. The molecule has 0 fully saturated rings. The largest absolute Gasteiger partial charge is 0.455 e. The van der Waals surface area contributed by atoms with Crippen molar-refractivity contribution in [1.82, 2.24) is 20.2 Å². The van der Waals surface area contributed by atoms with Crippen LogP contribution in [0.15, 0.2) is 54.9 Å². The van der Waals surface area contributed by atoms with E-state index in [1.807, 2.05) is 36.4 Å². The van der Waals surface area contributed by atoms with Gasteiger partial charge in [0.1, 0.15) is 17.8 Å². The van der Waals surface area contributed by atoms with Crippen molar-refractivity contribution in [2.45, 2.75) is 0 Å². The van der Waals surface area contributed by atoms with Crippen LogP contribution in [-0.4, -0.2) is 20.2 Å². The molecule has 0 aliphatic heterocycles. The quantitative estimate of drug-likeness (QED) is 0.735. The van der Waals surface area contributed by atoms with Crippen molar-refractivity contribution in [1.29, 1.82) is 0 Å². The van der Waals surface area contributed by atoms with E-state index in [1.54, 1.807) is 16.8 Å². The molecule has 19 heavy (non-hydrogen) atoms. The van der Waals surface area contributed by atoms with Gasteiger partial charge in [0, 0.05) is 5.02 Å². The van der Waals surface area contributed by atoms with Crippen LogP contribution in [0.2, 0.25) is 5.02 Å². The highest BCUT2D eigenvalue weighted by molar-refractivity contribution is 6.30. The van der Waals surface area contributed by atoms with E-state index < -0.39 is 0 Å². The first-order valence-electron chi connectivity index (χ1n) is 5.59. The summed E-state index contributed by atoms with van der Waals surface area (Å²) < 4.78 is 7.35. The lowest BCUT2D eigenvalue weighted by Crippen LogP contribution is -1.98. The molecule has 3 rings (SSSR count). The summed E-state index contributed by atoms with van der Waals surface area (Å²) in [4.78, 5) is 0. The van der Waals surface area contributed by atoms with Crippen molar-refractivity contribution in [3.8, 4) is 17.2 Å². The average molecular weight is 273 g/mol. The monoisotopic (exact) mass is 272 g/mol. The number of tetrazole rings is 1. The molecule has 0 amide bonds. The number of rotatable bonds is 3. The van der Waals surface area contributed by atoms with Crippen LogP contribution < -0.4 is 4.74 Å². The number of hydrogen-bond donors (Lipinski definition) is 0. The Labute approximate surface area is 114 Å². The highest BCUT2D eigenvalue weighted by atomic mass is 35.5. The van der Waals surface area contributed by atoms with Crippen LogP contribution in [-0.2, 0) is 0 Å². The summed E-state index contributed by atoms with van der Waals surface area (Å²) >= 11 is 5.93. The Kier molecular flexibility index (Phi) is 3.12. The fourth-order valence-electron chi connectivity index (χ4n) is 1.66. The first-order valence-corrected chi connectivity index (χ1v) is 5.96. The van der Waals surface area contributed by atoms with Gasteiger partial charge in [-0.25, -0.2) is 0 Å². The molecule has 94 valence electrons. The van der Waals surface area contributed by atoms with Crippen molar-refractivity contribution in [3.05, 3.63) is 59.9 Å². The molecule has 0 bridgehead atoms. The highest BCUT2D eigenvalue weighted by Gasteiger charge is 2.07. The Hall–Kier alpha value is -2.40. The summed E-state index contributed by atoms with van der Waals surface area (Å²) in [5, 5.41) is 11.7. The maximum Gasteiger partial charge on any atom is 0.153 e. The van der Waals surface area contributed by atoms with E-state index in [0.717, 1.165) is 5.69 Å². The van der Waals surface area contributed by atoms with E-state index in [2.05, 4.69) is 15.5 Å². The van der Waals surface area contributed by atoms with Gasteiger partial charge in [-0.2, -0.15) is 4.68 Å². The van der Waals surface area contributed by atoms with Gasteiger partial charge in [-0.15, -0.1) is 5.10 Å². The number of aromatic nitrogens is 4. The van der Waals surface area contributed by atoms with E-state index in [9.17, 15) is 0 Å². The second kappa shape index (κ2) is 5.07. The number of nitrogens with zero attached hydrogens (tertiary/aromatic N) is 4. The Morgan fingerprint density at radius 3 is 2.74 bits per heavy atom. The molecule has 1 heterocycles. The van der Waals surface area contributed by atoms with Crippen LogP contribution in [0.25, 0.3) is 5.69 Å². The number of hydrogen-bond acceptors (Lipinski definition) is 4. The molecule has 0 aliphatic carbocycles. The van der Waals surface area contributed by atoms with E-state index in [1.165, 1.54) is 6.33 Å². The third kappa shape index (κ3) is 2.56. The lowest BCUT2D eigenvalue weighted by atomic mass is 10.3. The number of halogens is 1. The first-order chi connectivity index (χ1) is 9.33. The van der Waals surface area contributed by atoms with Gasteiger partial charge >= 0.3 is 0 Å². The standard InChI is InChI=1S/C13H9ClN4O/c14-10-4-3-5-11(8-10)19-13-7-2-1-6-12(13)18-9-15-16-17-18/h1-9H. The second-order valence-electron chi connectivity index (χ2n) is 3.78. The van der Waals surface area contributed by atoms with Crippen molar-refractivity contribution >= 4 is 11.6 Å². The topological polar surface area (TPSA) is 52.8 Å². The van der Waals surface area contributed by atoms with Gasteiger partial charge < -0.3 is 4.74 Å². The van der Waals surface area contributed by atoms with E-state index >= 15 is 0 Å². The van der Waals surface area contributed by atoms with Gasteiger partial charge in [0.25, 0.3) is 0 Å². The van der Waals surface area contributed by atoms with Gasteiger partial charge in [-0.1, -0.05) is 29.8 Å². The summed E-state index contributed by atoms with van der Waals surface area (Å²) in [6.07, 6.45) is 1.51. The minimum absolute atomic E-state index is 0.623. The predicted molar refractivity (Wildman–Crippen MR) is 70.7 cm³/mol. The zero-order chi connectivity index (χ0) is 13.1. The molecule has 0 aliphatic rings. The Balaban J connectivity index is 1.97. The van der Waals surface area contributed by atoms with Gasteiger partial charge in [-0.3, -0.25) is 0 Å². The van der Waals surface area contributed by atoms with Gasteiger partial charge in [0.2, 0.25) is 0 Å². The van der Waals surface area contributed by atoms with Crippen molar-refractivity contribution in [2.24, 2.45) is 0 Å². The molecule has 3 aromatic rings. The van der Waals surface area contributed by atoms with Crippen LogP contribution >= 0.6 is 11.6 Å². The number of para-hydroxylation sites is 2. The zero-order valence-electron chi connectivity index (χ0n) is 9.77. The molecular weight excluding hydrogens is 264 g/mol. The minimum Gasteiger partial charge on any atom is -0.455 e.